The lowest BCUT2D eigenvalue weighted by molar-refractivity contribution is -0.136. The molecule has 138 valence electrons. The fourth-order valence-electron chi connectivity index (χ4n) is 1.87. The van der Waals surface area contributed by atoms with E-state index in [0.29, 0.717) is 12.8 Å². The molecule has 0 spiro atoms. The maximum absolute atomic E-state index is 10.3. The Morgan fingerprint density at radius 2 is 1.44 bits per heavy atom. The van der Waals surface area contributed by atoms with Crippen LogP contribution in [0.3, 0.4) is 0 Å². The Balaban J connectivity index is 3.71. The van der Waals surface area contributed by atoms with E-state index < -0.39 is 12.1 Å². The molecule has 0 unspecified atom stereocenters. The average molecular weight is 344 g/mol. The lowest BCUT2D eigenvalue weighted by atomic mass is 10.2. The van der Waals surface area contributed by atoms with Crippen LogP contribution in [0.2, 0.25) is 0 Å². The molecule has 0 amide bonds. The van der Waals surface area contributed by atoms with Crippen molar-refractivity contribution in [1.82, 2.24) is 0 Å². The minimum Gasteiger partial charge on any atom is -0.481 e. The molecule has 0 aliphatic rings. The van der Waals surface area contributed by atoms with Gasteiger partial charge in [0.25, 0.3) is 0 Å². The molecular weight excluding hydrogens is 312 g/mol. The van der Waals surface area contributed by atoms with Crippen molar-refractivity contribution >= 4 is 5.97 Å². The fourth-order valence-corrected chi connectivity index (χ4v) is 1.87. The van der Waals surface area contributed by atoms with Crippen molar-refractivity contribution in [3.8, 4) is 0 Å². The van der Waals surface area contributed by atoms with E-state index in [9.17, 15) is 9.90 Å². The van der Waals surface area contributed by atoms with Gasteiger partial charge in [0.05, 0.1) is 6.10 Å². The topological polar surface area (TPSA) is 57.5 Å². The van der Waals surface area contributed by atoms with Crippen LogP contribution >= 0.6 is 0 Å². The molecule has 0 aromatic carbocycles. The molecule has 25 heavy (non-hydrogen) atoms. The zero-order valence-electron chi connectivity index (χ0n) is 15.3. The third-order valence-corrected chi connectivity index (χ3v) is 3.20. The number of carboxylic acids is 1. The zero-order chi connectivity index (χ0) is 18.6. The molecule has 0 aromatic heterocycles. The number of carboxylic acid groups (broad SMARTS) is 1. The van der Waals surface area contributed by atoms with Crippen LogP contribution in [0, 0.1) is 0 Å². The molecule has 0 aromatic rings. The molecule has 0 aliphatic carbocycles. The first-order chi connectivity index (χ1) is 12.2. The van der Waals surface area contributed by atoms with Crippen LogP contribution < -0.4 is 0 Å². The summed E-state index contributed by atoms with van der Waals surface area (Å²) >= 11 is 0. The minimum absolute atomic E-state index is 0.187. The number of hydrogen-bond acceptors (Lipinski definition) is 2. The summed E-state index contributed by atoms with van der Waals surface area (Å²) < 4.78 is 0. The minimum atomic E-state index is -0.761. The van der Waals surface area contributed by atoms with Gasteiger partial charge in [-0.05, 0) is 38.5 Å². The summed E-state index contributed by atoms with van der Waals surface area (Å²) in [5.41, 5.74) is 0. The molecule has 0 fully saturated rings. The molecule has 0 heterocycles. The van der Waals surface area contributed by atoms with Gasteiger partial charge in [-0.15, -0.1) is 0 Å². The zero-order valence-corrected chi connectivity index (χ0v) is 15.3. The molecule has 3 heteroatoms. The summed E-state index contributed by atoms with van der Waals surface area (Å²) in [6, 6.07) is 0. The Morgan fingerprint density at radius 3 is 2.12 bits per heavy atom. The molecule has 0 bridgehead atoms. The summed E-state index contributed by atoms with van der Waals surface area (Å²) in [7, 11) is 0. The van der Waals surface area contributed by atoms with Crippen molar-refractivity contribution in [1.29, 1.82) is 0 Å². The molecule has 3 nitrogen and oxygen atoms in total. The number of allylic oxidation sites excluding steroid dienone is 10. The second-order valence-electron chi connectivity index (χ2n) is 5.55. The number of aliphatic hydroxyl groups is 1. The Hall–Kier alpha value is -2.13. The first kappa shape index (κ1) is 22.9. The standard InChI is InChI=1S/C22H32O3/c1-2-3-4-5-12-15-18-21(23)19-16-13-10-8-6-7-9-11-14-17-20-22(24)25/h3-4,6-7,10-16,19,21,23H,2,5,8-9,17-18,20H2,1H3,(H,24,25)/t21-/m0/s1. The van der Waals surface area contributed by atoms with Crippen LogP contribution in [-0.4, -0.2) is 22.3 Å². The Morgan fingerprint density at radius 1 is 0.840 bits per heavy atom. The third kappa shape index (κ3) is 19.8. The van der Waals surface area contributed by atoms with Gasteiger partial charge in [0, 0.05) is 6.42 Å². The molecule has 2 N–H and O–H groups in total. The highest BCUT2D eigenvalue weighted by atomic mass is 16.4. The Kier molecular flexibility index (Phi) is 16.7. The molecular formula is C22H32O3. The van der Waals surface area contributed by atoms with Crippen molar-refractivity contribution < 1.29 is 15.0 Å². The highest BCUT2D eigenvalue weighted by Gasteiger charge is 1.92. The largest absolute Gasteiger partial charge is 0.481 e. The van der Waals surface area contributed by atoms with E-state index in [4.69, 9.17) is 5.11 Å². The van der Waals surface area contributed by atoms with Crippen molar-refractivity contribution in [2.24, 2.45) is 0 Å². The molecule has 0 aliphatic heterocycles. The van der Waals surface area contributed by atoms with E-state index in [2.05, 4.69) is 37.3 Å². The van der Waals surface area contributed by atoms with Gasteiger partial charge in [0.15, 0.2) is 0 Å². The summed E-state index contributed by atoms with van der Waals surface area (Å²) in [6.07, 6.45) is 28.6. The smallest absolute Gasteiger partial charge is 0.303 e. The van der Waals surface area contributed by atoms with E-state index in [1.54, 1.807) is 6.08 Å². The predicted molar refractivity (Wildman–Crippen MR) is 106 cm³/mol. The van der Waals surface area contributed by atoms with Crippen LogP contribution in [0.25, 0.3) is 0 Å². The van der Waals surface area contributed by atoms with E-state index >= 15 is 0 Å². The van der Waals surface area contributed by atoms with Gasteiger partial charge in [-0.25, -0.2) is 0 Å². The van der Waals surface area contributed by atoms with E-state index in [0.717, 1.165) is 25.7 Å². The SMILES string of the molecule is CCC=CCC=CC[C@H](O)C=CC=CCC=CCC=CCCC(=O)O. The number of hydrogen-bond donors (Lipinski definition) is 2. The van der Waals surface area contributed by atoms with Gasteiger partial charge in [-0.1, -0.05) is 79.8 Å². The molecule has 0 radical (unpaired) electrons. The highest BCUT2D eigenvalue weighted by Crippen LogP contribution is 1.99. The maximum Gasteiger partial charge on any atom is 0.303 e. The first-order valence-corrected chi connectivity index (χ1v) is 9.00. The van der Waals surface area contributed by atoms with Crippen molar-refractivity contribution in [3.63, 3.8) is 0 Å². The van der Waals surface area contributed by atoms with E-state index in [1.165, 1.54) is 0 Å². The molecule has 1 atom stereocenters. The number of carbonyl (C=O) groups is 1. The summed E-state index contributed by atoms with van der Waals surface area (Å²) in [6.45, 7) is 2.11. The highest BCUT2D eigenvalue weighted by molar-refractivity contribution is 5.66. The fraction of sp³-hybridized carbons (Fsp3) is 0.409. The van der Waals surface area contributed by atoms with Gasteiger partial charge >= 0.3 is 5.97 Å². The van der Waals surface area contributed by atoms with Gasteiger partial charge in [-0.3, -0.25) is 4.79 Å². The molecule has 0 saturated carbocycles. The lowest BCUT2D eigenvalue weighted by Gasteiger charge is -1.98. The lowest BCUT2D eigenvalue weighted by Crippen LogP contribution is -1.98. The van der Waals surface area contributed by atoms with Crippen molar-refractivity contribution in [2.75, 3.05) is 0 Å². The first-order valence-electron chi connectivity index (χ1n) is 9.00. The second-order valence-corrected chi connectivity index (χ2v) is 5.55. The van der Waals surface area contributed by atoms with E-state index in [1.807, 2.05) is 36.5 Å². The summed E-state index contributed by atoms with van der Waals surface area (Å²) in [4.78, 5) is 10.3. The summed E-state index contributed by atoms with van der Waals surface area (Å²) in [5.74, 6) is -0.761. The van der Waals surface area contributed by atoms with Crippen LogP contribution in [0.5, 0.6) is 0 Å². The Labute approximate surface area is 152 Å². The van der Waals surface area contributed by atoms with Gasteiger partial charge in [0.1, 0.15) is 0 Å². The second kappa shape index (κ2) is 18.2. The average Bonchev–Trinajstić information content (AvgIpc) is 2.58. The monoisotopic (exact) mass is 344 g/mol. The van der Waals surface area contributed by atoms with Crippen LogP contribution in [0.4, 0.5) is 0 Å². The van der Waals surface area contributed by atoms with Gasteiger partial charge in [0.2, 0.25) is 0 Å². The predicted octanol–water partition coefficient (Wildman–Crippen LogP) is 5.52. The third-order valence-electron chi connectivity index (χ3n) is 3.20. The van der Waals surface area contributed by atoms with Crippen LogP contribution in [0.15, 0.2) is 72.9 Å². The number of rotatable bonds is 14. The van der Waals surface area contributed by atoms with Gasteiger partial charge < -0.3 is 10.2 Å². The normalized spacial score (nSPS) is 14.3. The van der Waals surface area contributed by atoms with E-state index in [-0.39, 0.29) is 6.42 Å². The summed E-state index contributed by atoms with van der Waals surface area (Å²) in [5, 5.41) is 18.3. The van der Waals surface area contributed by atoms with Crippen molar-refractivity contribution in [3.05, 3.63) is 72.9 Å². The number of aliphatic hydroxyl groups excluding tert-OH is 1. The maximum atomic E-state index is 10.3. The quantitative estimate of drug-likeness (QED) is 0.322. The Bertz CT molecular complexity index is 493. The molecule has 0 rings (SSSR count). The molecule has 0 saturated heterocycles. The van der Waals surface area contributed by atoms with Gasteiger partial charge in [-0.2, -0.15) is 0 Å². The van der Waals surface area contributed by atoms with Crippen LogP contribution in [0.1, 0.15) is 51.9 Å². The van der Waals surface area contributed by atoms with Crippen molar-refractivity contribution in [2.45, 2.75) is 58.0 Å². The number of aliphatic carboxylic acids is 1. The van der Waals surface area contributed by atoms with Crippen LogP contribution in [-0.2, 0) is 4.79 Å².